The van der Waals surface area contributed by atoms with Gasteiger partial charge in [-0.25, -0.2) is 9.82 Å². The summed E-state index contributed by atoms with van der Waals surface area (Å²) in [7, 11) is 1.63. The fraction of sp³-hybridized carbons (Fsp3) is 0.882. The molecule has 2 saturated heterocycles. The van der Waals surface area contributed by atoms with Crippen LogP contribution in [-0.4, -0.2) is 66.4 Å². The average molecular weight is 391 g/mol. The van der Waals surface area contributed by atoms with E-state index in [9.17, 15) is 14.0 Å². The standard InChI is InChI=1S/C17H28ClFN4O3/c1-23-16(24)7-5-14(22-23)17(25)21-15-6-3-11(9-20-15)26-10-2-4-13(19)12(18)8-10/h10-15,20,22H,2-9H2,1H3,(H,21,25). The molecule has 2 heterocycles. The van der Waals surface area contributed by atoms with Gasteiger partial charge in [-0.15, -0.1) is 11.6 Å². The molecule has 0 aromatic rings. The summed E-state index contributed by atoms with van der Waals surface area (Å²) >= 11 is 6.00. The summed E-state index contributed by atoms with van der Waals surface area (Å²) < 4.78 is 19.5. The summed E-state index contributed by atoms with van der Waals surface area (Å²) in [4.78, 5) is 23.8. The summed E-state index contributed by atoms with van der Waals surface area (Å²) in [5.74, 6) is -0.113. The van der Waals surface area contributed by atoms with E-state index < -0.39 is 11.5 Å². The normalized spacial score (nSPS) is 38.9. The van der Waals surface area contributed by atoms with E-state index in [1.807, 2.05) is 0 Å². The highest BCUT2D eigenvalue weighted by Crippen LogP contribution is 2.29. The SMILES string of the molecule is CN1NC(C(=O)NC2CCC(OC3CCC(F)C(Cl)C3)CN2)CCC1=O. The Morgan fingerprint density at radius 3 is 2.69 bits per heavy atom. The number of halogens is 2. The van der Waals surface area contributed by atoms with Gasteiger partial charge >= 0.3 is 0 Å². The van der Waals surface area contributed by atoms with Crippen molar-refractivity contribution in [1.29, 1.82) is 0 Å². The van der Waals surface area contributed by atoms with Crippen LogP contribution in [0.25, 0.3) is 0 Å². The molecule has 9 heteroatoms. The van der Waals surface area contributed by atoms with Crippen LogP contribution in [0.2, 0.25) is 0 Å². The van der Waals surface area contributed by atoms with Crippen molar-refractivity contribution in [3.8, 4) is 0 Å². The Morgan fingerprint density at radius 2 is 2.04 bits per heavy atom. The number of carbonyl (C=O) groups is 2. The molecular formula is C17H28ClFN4O3. The Bertz CT molecular complexity index is 518. The first-order valence-electron chi connectivity index (χ1n) is 9.42. The number of alkyl halides is 2. The lowest BCUT2D eigenvalue weighted by Gasteiger charge is -2.36. The van der Waals surface area contributed by atoms with E-state index >= 15 is 0 Å². The zero-order chi connectivity index (χ0) is 18.7. The number of rotatable bonds is 4. The molecule has 0 aromatic carbocycles. The third kappa shape index (κ3) is 5.06. The summed E-state index contributed by atoms with van der Waals surface area (Å²) in [6, 6.07) is -0.384. The largest absolute Gasteiger partial charge is 0.374 e. The van der Waals surface area contributed by atoms with Gasteiger partial charge in [0, 0.05) is 20.0 Å². The number of carbonyl (C=O) groups excluding carboxylic acids is 2. The van der Waals surface area contributed by atoms with E-state index in [0.29, 0.717) is 38.6 Å². The minimum absolute atomic E-state index is 0.00851. The predicted molar refractivity (Wildman–Crippen MR) is 95.1 cm³/mol. The first kappa shape index (κ1) is 19.8. The van der Waals surface area contributed by atoms with Crippen molar-refractivity contribution in [3.05, 3.63) is 0 Å². The van der Waals surface area contributed by atoms with Crippen molar-refractivity contribution in [2.45, 2.75) is 80.9 Å². The first-order chi connectivity index (χ1) is 12.4. The Balaban J connectivity index is 1.37. The quantitative estimate of drug-likeness (QED) is 0.619. The molecule has 26 heavy (non-hydrogen) atoms. The first-order valence-corrected chi connectivity index (χ1v) is 9.86. The van der Waals surface area contributed by atoms with E-state index in [1.54, 1.807) is 7.05 Å². The number of amides is 2. The molecule has 3 fully saturated rings. The molecule has 1 aliphatic carbocycles. The van der Waals surface area contributed by atoms with Crippen molar-refractivity contribution >= 4 is 23.4 Å². The average Bonchev–Trinajstić information content (AvgIpc) is 2.62. The number of hydrogen-bond acceptors (Lipinski definition) is 5. The van der Waals surface area contributed by atoms with Gasteiger partial charge in [0.1, 0.15) is 12.2 Å². The summed E-state index contributed by atoms with van der Waals surface area (Å²) in [5, 5.41) is 7.20. The van der Waals surface area contributed by atoms with Gasteiger partial charge in [-0.2, -0.15) is 0 Å². The second-order valence-corrected chi connectivity index (χ2v) is 8.01. The van der Waals surface area contributed by atoms with E-state index in [0.717, 1.165) is 12.8 Å². The number of nitrogens with one attached hydrogen (secondary N) is 3. The summed E-state index contributed by atoms with van der Waals surface area (Å²) in [6.45, 7) is 0.643. The van der Waals surface area contributed by atoms with Crippen LogP contribution in [0, 0.1) is 0 Å². The topological polar surface area (TPSA) is 82.7 Å². The van der Waals surface area contributed by atoms with Crippen LogP contribution in [0.3, 0.4) is 0 Å². The highest BCUT2D eigenvalue weighted by Gasteiger charge is 2.33. The lowest BCUT2D eigenvalue weighted by molar-refractivity contribution is -0.140. The maximum Gasteiger partial charge on any atom is 0.240 e. The Labute approximate surface area is 158 Å². The Kier molecular flexibility index (Phi) is 6.71. The lowest BCUT2D eigenvalue weighted by Crippen LogP contribution is -2.60. The van der Waals surface area contributed by atoms with Crippen LogP contribution in [0.15, 0.2) is 0 Å². The van der Waals surface area contributed by atoms with E-state index in [1.165, 1.54) is 5.01 Å². The number of nitrogens with zero attached hydrogens (tertiary/aromatic N) is 1. The molecule has 3 rings (SSSR count). The molecular weight excluding hydrogens is 363 g/mol. The second kappa shape index (κ2) is 8.82. The van der Waals surface area contributed by atoms with E-state index in [-0.39, 0.29) is 36.2 Å². The molecule has 3 N–H and O–H groups in total. The van der Waals surface area contributed by atoms with Gasteiger partial charge in [0.05, 0.1) is 23.8 Å². The fourth-order valence-electron chi connectivity index (χ4n) is 3.78. The zero-order valence-corrected chi connectivity index (χ0v) is 15.8. The van der Waals surface area contributed by atoms with Gasteiger partial charge < -0.3 is 10.1 Å². The summed E-state index contributed by atoms with van der Waals surface area (Å²) in [5.41, 5.74) is 2.90. The number of hydrogen-bond donors (Lipinski definition) is 3. The molecule has 0 spiro atoms. The van der Waals surface area contributed by atoms with Crippen LogP contribution in [0.5, 0.6) is 0 Å². The Hall–Kier alpha value is -0.960. The van der Waals surface area contributed by atoms with Gasteiger partial charge in [0.25, 0.3) is 0 Å². The minimum atomic E-state index is -0.927. The number of hydrazine groups is 1. The van der Waals surface area contributed by atoms with Crippen LogP contribution in [0.4, 0.5) is 4.39 Å². The highest BCUT2D eigenvalue weighted by atomic mass is 35.5. The molecule has 0 bridgehead atoms. The molecule has 6 unspecified atom stereocenters. The molecule has 1 saturated carbocycles. The van der Waals surface area contributed by atoms with E-state index in [4.69, 9.17) is 16.3 Å². The summed E-state index contributed by atoms with van der Waals surface area (Å²) in [6.07, 6.45) is 3.24. The smallest absolute Gasteiger partial charge is 0.240 e. The third-order valence-electron chi connectivity index (χ3n) is 5.40. The fourth-order valence-corrected chi connectivity index (χ4v) is 4.10. The van der Waals surface area contributed by atoms with Crippen LogP contribution >= 0.6 is 11.6 Å². The van der Waals surface area contributed by atoms with E-state index in [2.05, 4.69) is 16.1 Å². The van der Waals surface area contributed by atoms with Crippen molar-refractivity contribution in [3.63, 3.8) is 0 Å². The predicted octanol–water partition coefficient (Wildman–Crippen LogP) is 0.821. The monoisotopic (exact) mass is 390 g/mol. The van der Waals surface area contributed by atoms with Gasteiger partial charge in [-0.3, -0.25) is 19.9 Å². The minimum Gasteiger partial charge on any atom is -0.374 e. The molecule has 0 radical (unpaired) electrons. The van der Waals surface area contributed by atoms with Crippen molar-refractivity contribution in [1.82, 2.24) is 21.1 Å². The van der Waals surface area contributed by atoms with Gasteiger partial charge in [0.2, 0.25) is 11.8 Å². The lowest BCUT2D eigenvalue weighted by atomic mass is 9.95. The molecule has 7 nitrogen and oxygen atoms in total. The molecule has 6 atom stereocenters. The maximum absolute atomic E-state index is 13.4. The van der Waals surface area contributed by atoms with Crippen LogP contribution < -0.4 is 16.1 Å². The van der Waals surface area contributed by atoms with Crippen molar-refractivity contribution in [2.75, 3.05) is 13.6 Å². The molecule has 2 amide bonds. The molecule has 2 aliphatic heterocycles. The molecule has 0 aromatic heterocycles. The number of ether oxygens (including phenoxy) is 1. The van der Waals surface area contributed by atoms with Crippen molar-refractivity contribution < 1.29 is 18.7 Å². The van der Waals surface area contributed by atoms with Gasteiger partial charge in [0.15, 0.2) is 0 Å². The molecule has 148 valence electrons. The third-order valence-corrected chi connectivity index (χ3v) is 5.85. The van der Waals surface area contributed by atoms with Gasteiger partial charge in [-0.1, -0.05) is 0 Å². The second-order valence-electron chi connectivity index (χ2n) is 7.45. The number of piperidine rings is 1. The Morgan fingerprint density at radius 1 is 1.27 bits per heavy atom. The molecule has 3 aliphatic rings. The zero-order valence-electron chi connectivity index (χ0n) is 15.0. The van der Waals surface area contributed by atoms with Crippen LogP contribution in [-0.2, 0) is 14.3 Å². The maximum atomic E-state index is 13.4. The highest BCUT2D eigenvalue weighted by molar-refractivity contribution is 6.21. The van der Waals surface area contributed by atoms with Gasteiger partial charge in [-0.05, 0) is 38.5 Å². The van der Waals surface area contributed by atoms with Crippen LogP contribution in [0.1, 0.15) is 44.9 Å². The van der Waals surface area contributed by atoms with Crippen molar-refractivity contribution in [2.24, 2.45) is 0 Å².